The van der Waals surface area contributed by atoms with Crippen LogP contribution >= 0.6 is 0 Å². The Morgan fingerprint density at radius 1 is 0.273 bits per heavy atom. The molecule has 0 amide bonds. The van der Waals surface area contributed by atoms with Gasteiger partial charge in [-0.15, -0.1) is 0 Å². The molecule has 10 aromatic carbocycles. The summed E-state index contributed by atoms with van der Waals surface area (Å²) in [5, 5.41) is 2.59. The van der Waals surface area contributed by atoms with Crippen LogP contribution in [0.3, 0.4) is 0 Å². The zero-order valence-corrected chi connectivity index (χ0v) is 35.7. The van der Waals surface area contributed by atoms with E-state index in [9.17, 15) is 0 Å². The average Bonchev–Trinajstić information content (AvgIpc) is 3.73. The molecule has 1 aromatic heterocycles. The van der Waals surface area contributed by atoms with E-state index in [0.29, 0.717) is 23.2 Å². The van der Waals surface area contributed by atoms with Crippen LogP contribution in [0.2, 0.25) is 0 Å². The van der Waals surface area contributed by atoms with Gasteiger partial charge < -0.3 is 0 Å². The van der Waals surface area contributed by atoms with Crippen molar-refractivity contribution in [1.82, 2.24) is 15.0 Å². The summed E-state index contributed by atoms with van der Waals surface area (Å²) in [6.07, 6.45) is 0. The van der Waals surface area contributed by atoms with E-state index >= 15 is 0 Å². The molecule has 0 bridgehead atoms. The Balaban J connectivity index is 0.980. The quantitative estimate of drug-likeness (QED) is 0.143. The number of rotatable bonds is 8. The molecule has 306 valence electrons. The minimum absolute atomic E-state index is 0.550. The van der Waals surface area contributed by atoms with E-state index in [4.69, 9.17) is 21.5 Å². The molecular formula is C62H38N4. The second kappa shape index (κ2) is 16.3. The number of nitrogens with zero attached hydrogens (tertiary/aromatic N) is 4. The first-order valence-corrected chi connectivity index (χ1v) is 22.1. The van der Waals surface area contributed by atoms with Crippen molar-refractivity contribution in [3.8, 4) is 112 Å². The van der Waals surface area contributed by atoms with Gasteiger partial charge in [0.25, 0.3) is 0 Å². The SMILES string of the molecule is [C-]#[N+]c1cccc(-c2ccccc2-c2nc(-c3ccccc3)nc(-c3ccccc3-c3ccccc3)n2)c1-c1cccc(-c2cccc(-c3cccc4c3-c3cccc5cccc-4c35)c2)c1. The van der Waals surface area contributed by atoms with Crippen LogP contribution in [0.5, 0.6) is 0 Å². The van der Waals surface area contributed by atoms with E-state index < -0.39 is 0 Å². The smallest absolute Gasteiger partial charge is 0.195 e. The monoisotopic (exact) mass is 838 g/mol. The van der Waals surface area contributed by atoms with Gasteiger partial charge in [-0.25, -0.2) is 19.8 Å². The molecule has 1 heterocycles. The molecule has 0 radical (unpaired) electrons. The van der Waals surface area contributed by atoms with Crippen molar-refractivity contribution in [2.75, 3.05) is 0 Å². The highest BCUT2D eigenvalue weighted by Gasteiger charge is 2.25. The summed E-state index contributed by atoms with van der Waals surface area (Å²) in [7, 11) is 0. The predicted molar refractivity (Wildman–Crippen MR) is 272 cm³/mol. The molecule has 4 heteroatoms. The molecule has 0 aliphatic heterocycles. The highest BCUT2D eigenvalue weighted by Crippen LogP contribution is 2.51. The van der Waals surface area contributed by atoms with Gasteiger partial charge in [-0.1, -0.05) is 218 Å². The number of hydrogen-bond donors (Lipinski definition) is 0. The Hall–Kier alpha value is -9.04. The number of aromatic nitrogens is 3. The summed E-state index contributed by atoms with van der Waals surface area (Å²) >= 11 is 0. The standard InChI is InChI=1S/C62H38N4/c1-63-56-37-17-35-50(49-29-9-11-31-54(49)62-65-60(42-20-6-3-7-21-42)64-61(66-62)53-30-10-8-28-47(53)40-18-4-2-5-19-40)58(56)46-27-13-25-44(39-46)43-24-12-26-45(38-43)48-32-16-34-52-51-33-14-22-41-23-15-36-55(57(41)51)59(48)52/h2-39H. The van der Waals surface area contributed by atoms with Gasteiger partial charge in [0, 0.05) is 16.7 Å². The van der Waals surface area contributed by atoms with Crippen LogP contribution in [-0.2, 0) is 0 Å². The van der Waals surface area contributed by atoms with Crippen molar-refractivity contribution in [3.63, 3.8) is 0 Å². The fourth-order valence-corrected chi connectivity index (χ4v) is 9.76. The molecule has 0 unspecified atom stereocenters. The molecule has 0 spiro atoms. The van der Waals surface area contributed by atoms with Crippen molar-refractivity contribution in [2.45, 2.75) is 0 Å². The van der Waals surface area contributed by atoms with Gasteiger partial charge >= 0.3 is 0 Å². The molecule has 66 heavy (non-hydrogen) atoms. The van der Waals surface area contributed by atoms with Gasteiger partial charge in [-0.3, -0.25) is 0 Å². The zero-order valence-electron chi connectivity index (χ0n) is 35.7. The van der Waals surface area contributed by atoms with Crippen LogP contribution in [0.4, 0.5) is 5.69 Å². The van der Waals surface area contributed by atoms with Crippen LogP contribution < -0.4 is 0 Å². The van der Waals surface area contributed by atoms with E-state index in [1.165, 1.54) is 38.6 Å². The summed E-state index contributed by atoms with van der Waals surface area (Å²) in [6.45, 7) is 8.43. The molecule has 0 atom stereocenters. The van der Waals surface area contributed by atoms with Gasteiger partial charge in [0.15, 0.2) is 23.2 Å². The van der Waals surface area contributed by atoms with Crippen molar-refractivity contribution < 1.29 is 0 Å². The molecule has 0 saturated carbocycles. The highest BCUT2D eigenvalue weighted by molar-refractivity contribution is 6.18. The Kier molecular flexibility index (Phi) is 9.51. The summed E-state index contributed by atoms with van der Waals surface area (Å²) in [4.78, 5) is 19.7. The van der Waals surface area contributed by atoms with Crippen LogP contribution in [0.15, 0.2) is 231 Å². The number of fused-ring (bicyclic) bond motifs is 3. The van der Waals surface area contributed by atoms with Gasteiger partial charge in [0.05, 0.1) is 6.57 Å². The summed E-state index contributed by atoms with van der Waals surface area (Å²) in [5.74, 6) is 1.72. The van der Waals surface area contributed by atoms with Gasteiger partial charge in [-0.05, 0) is 101 Å². The van der Waals surface area contributed by atoms with E-state index in [1.807, 2.05) is 84.9 Å². The maximum Gasteiger partial charge on any atom is 0.195 e. The average molecular weight is 839 g/mol. The maximum absolute atomic E-state index is 8.43. The van der Waals surface area contributed by atoms with Crippen LogP contribution in [0, 0.1) is 6.57 Å². The van der Waals surface area contributed by atoms with E-state index in [2.05, 4.69) is 150 Å². The second-order valence-corrected chi connectivity index (χ2v) is 16.5. The normalized spacial score (nSPS) is 11.3. The van der Waals surface area contributed by atoms with Gasteiger partial charge in [0.2, 0.25) is 0 Å². The van der Waals surface area contributed by atoms with E-state index in [0.717, 1.165) is 66.8 Å². The van der Waals surface area contributed by atoms with Crippen molar-refractivity contribution in [2.24, 2.45) is 0 Å². The fraction of sp³-hybridized carbons (Fsp3) is 0. The molecule has 12 rings (SSSR count). The molecule has 0 saturated heterocycles. The Bertz CT molecular complexity index is 3710. The third kappa shape index (κ3) is 6.66. The summed E-state index contributed by atoms with van der Waals surface area (Å²) in [5.41, 5.74) is 18.7. The lowest BCUT2D eigenvalue weighted by atomic mass is 9.88. The Morgan fingerprint density at radius 3 is 1.41 bits per heavy atom. The van der Waals surface area contributed by atoms with Crippen molar-refractivity contribution >= 4 is 16.5 Å². The molecule has 0 N–H and O–H groups in total. The van der Waals surface area contributed by atoms with Crippen LogP contribution in [0.1, 0.15) is 0 Å². The molecule has 1 aliphatic carbocycles. The first-order valence-electron chi connectivity index (χ1n) is 22.1. The van der Waals surface area contributed by atoms with Crippen molar-refractivity contribution in [3.05, 3.63) is 242 Å². The topological polar surface area (TPSA) is 43.0 Å². The molecule has 0 fully saturated rings. The minimum Gasteiger partial charge on any atom is -0.237 e. The molecular weight excluding hydrogens is 801 g/mol. The Labute approximate surface area is 383 Å². The lowest BCUT2D eigenvalue weighted by Crippen LogP contribution is -2.02. The third-order valence-corrected chi connectivity index (χ3v) is 12.7. The lowest BCUT2D eigenvalue weighted by molar-refractivity contribution is 1.07. The number of benzene rings is 10. The predicted octanol–water partition coefficient (Wildman–Crippen LogP) is 16.6. The Morgan fingerprint density at radius 2 is 0.712 bits per heavy atom. The summed E-state index contributed by atoms with van der Waals surface area (Å²) in [6, 6.07) is 80.2. The highest BCUT2D eigenvalue weighted by atomic mass is 15.0. The molecule has 1 aliphatic rings. The fourth-order valence-electron chi connectivity index (χ4n) is 9.76. The summed E-state index contributed by atoms with van der Waals surface area (Å²) < 4.78 is 0. The van der Waals surface area contributed by atoms with Crippen LogP contribution in [0.25, 0.3) is 128 Å². The van der Waals surface area contributed by atoms with Crippen LogP contribution in [-0.4, -0.2) is 15.0 Å². The first kappa shape index (κ1) is 38.6. The van der Waals surface area contributed by atoms with Gasteiger partial charge in [0.1, 0.15) is 0 Å². The minimum atomic E-state index is 0.550. The largest absolute Gasteiger partial charge is 0.237 e. The maximum atomic E-state index is 8.43. The number of hydrogen-bond acceptors (Lipinski definition) is 3. The molecule has 11 aromatic rings. The van der Waals surface area contributed by atoms with E-state index in [-0.39, 0.29) is 0 Å². The molecule has 4 nitrogen and oxygen atoms in total. The lowest BCUT2D eigenvalue weighted by Gasteiger charge is -2.17. The van der Waals surface area contributed by atoms with E-state index in [1.54, 1.807) is 0 Å². The van der Waals surface area contributed by atoms with Gasteiger partial charge in [-0.2, -0.15) is 0 Å². The zero-order chi connectivity index (χ0) is 44.0. The first-order chi connectivity index (χ1) is 32.7. The third-order valence-electron chi connectivity index (χ3n) is 12.7. The van der Waals surface area contributed by atoms with Crippen molar-refractivity contribution in [1.29, 1.82) is 0 Å². The second-order valence-electron chi connectivity index (χ2n) is 16.5.